The quantitative estimate of drug-likeness (QED) is 0.394. The van der Waals surface area contributed by atoms with E-state index in [9.17, 15) is 13.2 Å². The standard InChI is InChI=1S/C26H27Cl2N3O3S/c1-18-3-2-4-19(15-18)17-31-13-11-20(12-14-31)26(32)29-22-6-8-23(9-7-22)35(33,34)30-25-10-5-21(27)16-24(25)28/h2-10,15-16,20,30H,11-14,17H2,1H3,(H,29,32). The number of halogens is 2. The van der Waals surface area contributed by atoms with Crippen LogP contribution in [0.25, 0.3) is 0 Å². The smallest absolute Gasteiger partial charge is 0.261 e. The lowest BCUT2D eigenvalue weighted by molar-refractivity contribution is -0.121. The average molecular weight is 532 g/mol. The van der Waals surface area contributed by atoms with Gasteiger partial charge in [0.1, 0.15) is 0 Å². The number of hydrogen-bond donors (Lipinski definition) is 2. The van der Waals surface area contributed by atoms with E-state index in [1.54, 1.807) is 18.2 Å². The fourth-order valence-electron chi connectivity index (χ4n) is 4.16. The van der Waals surface area contributed by atoms with Gasteiger partial charge in [-0.2, -0.15) is 0 Å². The number of nitrogens with one attached hydrogen (secondary N) is 2. The molecule has 184 valence electrons. The number of amides is 1. The van der Waals surface area contributed by atoms with Crippen LogP contribution in [0.1, 0.15) is 24.0 Å². The van der Waals surface area contributed by atoms with Gasteiger partial charge in [-0.15, -0.1) is 0 Å². The molecule has 0 unspecified atom stereocenters. The summed E-state index contributed by atoms with van der Waals surface area (Å²) in [7, 11) is -3.84. The van der Waals surface area contributed by atoms with Crippen LogP contribution < -0.4 is 10.0 Å². The topological polar surface area (TPSA) is 78.5 Å². The number of aryl methyl sites for hydroxylation is 1. The maximum absolute atomic E-state index is 12.8. The fourth-order valence-corrected chi connectivity index (χ4v) is 5.75. The van der Waals surface area contributed by atoms with Crippen molar-refractivity contribution in [2.24, 2.45) is 5.92 Å². The van der Waals surface area contributed by atoms with E-state index in [0.29, 0.717) is 10.7 Å². The number of hydrogen-bond acceptors (Lipinski definition) is 4. The first kappa shape index (κ1) is 25.5. The number of sulfonamides is 1. The molecule has 3 aromatic carbocycles. The van der Waals surface area contributed by atoms with Crippen molar-refractivity contribution in [1.82, 2.24) is 4.90 Å². The molecular weight excluding hydrogens is 505 g/mol. The van der Waals surface area contributed by atoms with Gasteiger partial charge in [0.05, 0.1) is 15.6 Å². The fraction of sp³-hybridized carbons (Fsp3) is 0.269. The SMILES string of the molecule is Cc1cccc(CN2CCC(C(=O)Nc3ccc(S(=O)(=O)Nc4ccc(Cl)cc4Cl)cc3)CC2)c1. The maximum atomic E-state index is 12.8. The number of carbonyl (C=O) groups is 1. The number of piperidine rings is 1. The van der Waals surface area contributed by atoms with Crippen LogP contribution in [0.5, 0.6) is 0 Å². The Bertz CT molecular complexity index is 1310. The molecule has 0 spiro atoms. The summed E-state index contributed by atoms with van der Waals surface area (Å²) in [5, 5.41) is 3.53. The molecule has 0 aromatic heterocycles. The summed E-state index contributed by atoms with van der Waals surface area (Å²) >= 11 is 11.9. The molecular formula is C26H27Cl2N3O3S. The second kappa shape index (κ2) is 11.0. The Morgan fingerprint density at radius 2 is 1.71 bits per heavy atom. The van der Waals surface area contributed by atoms with E-state index in [1.807, 2.05) is 0 Å². The van der Waals surface area contributed by atoms with E-state index in [4.69, 9.17) is 23.2 Å². The second-order valence-corrected chi connectivity index (χ2v) is 11.3. The summed E-state index contributed by atoms with van der Waals surface area (Å²) < 4.78 is 27.9. The molecule has 4 rings (SSSR count). The third kappa shape index (κ3) is 6.76. The molecule has 2 N–H and O–H groups in total. The van der Waals surface area contributed by atoms with E-state index in [-0.39, 0.29) is 27.4 Å². The maximum Gasteiger partial charge on any atom is 0.261 e. The minimum Gasteiger partial charge on any atom is -0.326 e. The van der Waals surface area contributed by atoms with Crippen LogP contribution in [-0.4, -0.2) is 32.3 Å². The van der Waals surface area contributed by atoms with Crippen LogP contribution in [0.2, 0.25) is 10.0 Å². The van der Waals surface area contributed by atoms with Crippen molar-refractivity contribution in [3.8, 4) is 0 Å². The lowest BCUT2D eigenvalue weighted by Gasteiger charge is -2.31. The molecule has 1 saturated heterocycles. The molecule has 35 heavy (non-hydrogen) atoms. The van der Waals surface area contributed by atoms with Gasteiger partial charge in [0, 0.05) is 23.2 Å². The largest absolute Gasteiger partial charge is 0.326 e. The Labute approximate surface area is 216 Å². The molecule has 9 heteroatoms. The molecule has 0 saturated carbocycles. The normalized spacial score (nSPS) is 15.1. The molecule has 0 atom stereocenters. The highest BCUT2D eigenvalue weighted by molar-refractivity contribution is 7.92. The minimum atomic E-state index is -3.84. The zero-order valence-corrected chi connectivity index (χ0v) is 21.6. The van der Waals surface area contributed by atoms with Crippen LogP contribution in [0, 0.1) is 12.8 Å². The van der Waals surface area contributed by atoms with Crippen molar-refractivity contribution in [2.45, 2.75) is 31.2 Å². The third-order valence-electron chi connectivity index (χ3n) is 6.05. The van der Waals surface area contributed by atoms with Gasteiger partial charge in [-0.1, -0.05) is 53.0 Å². The summed E-state index contributed by atoms with van der Waals surface area (Å²) in [5.74, 6) is -0.109. The van der Waals surface area contributed by atoms with Gasteiger partial charge in [0.15, 0.2) is 0 Å². The summed E-state index contributed by atoms with van der Waals surface area (Å²) in [6.45, 7) is 4.71. The predicted octanol–water partition coefficient (Wildman–Crippen LogP) is 5.95. The molecule has 6 nitrogen and oxygen atoms in total. The number of carbonyl (C=O) groups excluding carboxylic acids is 1. The van der Waals surface area contributed by atoms with Gasteiger partial charge < -0.3 is 5.32 Å². The molecule has 0 aliphatic carbocycles. The summed E-state index contributed by atoms with van der Waals surface area (Å²) in [4.78, 5) is 15.2. The molecule has 0 bridgehead atoms. The number of anilines is 2. The monoisotopic (exact) mass is 531 g/mol. The van der Waals surface area contributed by atoms with Gasteiger partial charge >= 0.3 is 0 Å². The van der Waals surface area contributed by atoms with E-state index in [2.05, 4.69) is 46.1 Å². The van der Waals surface area contributed by atoms with Crippen LogP contribution >= 0.6 is 23.2 Å². The predicted molar refractivity (Wildman–Crippen MR) is 142 cm³/mol. The highest BCUT2D eigenvalue weighted by Crippen LogP contribution is 2.28. The van der Waals surface area contributed by atoms with E-state index < -0.39 is 10.0 Å². The van der Waals surface area contributed by atoms with Gasteiger partial charge in [-0.25, -0.2) is 8.42 Å². The summed E-state index contributed by atoms with van der Waals surface area (Å²) in [5.41, 5.74) is 3.33. The zero-order chi connectivity index (χ0) is 25.0. The highest BCUT2D eigenvalue weighted by atomic mass is 35.5. The van der Waals surface area contributed by atoms with Crippen molar-refractivity contribution < 1.29 is 13.2 Å². The van der Waals surface area contributed by atoms with Crippen LogP contribution in [0.3, 0.4) is 0 Å². The van der Waals surface area contributed by atoms with Crippen LogP contribution in [0.15, 0.2) is 71.6 Å². The zero-order valence-electron chi connectivity index (χ0n) is 19.3. The Morgan fingerprint density at radius 3 is 2.37 bits per heavy atom. The molecule has 1 heterocycles. The number of nitrogens with zero attached hydrogens (tertiary/aromatic N) is 1. The number of rotatable bonds is 7. The third-order valence-corrected chi connectivity index (χ3v) is 7.98. The lowest BCUT2D eigenvalue weighted by Crippen LogP contribution is -2.37. The second-order valence-electron chi connectivity index (χ2n) is 8.78. The van der Waals surface area contributed by atoms with E-state index >= 15 is 0 Å². The first-order chi connectivity index (χ1) is 16.7. The molecule has 1 amide bonds. The van der Waals surface area contributed by atoms with Gasteiger partial charge in [-0.3, -0.25) is 14.4 Å². The minimum absolute atomic E-state index is 0.0399. The highest BCUT2D eigenvalue weighted by Gasteiger charge is 2.25. The Balaban J connectivity index is 1.31. The van der Waals surface area contributed by atoms with Crippen molar-refractivity contribution >= 4 is 50.5 Å². The number of benzene rings is 3. The van der Waals surface area contributed by atoms with Gasteiger partial charge in [0.2, 0.25) is 5.91 Å². The summed E-state index contributed by atoms with van der Waals surface area (Å²) in [6, 6.07) is 19.1. The Morgan fingerprint density at radius 1 is 1.00 bits per heavy atom. The first-order valence-electron chi connectivity index (χ1n) is 11.4. The molecule has 3 aromatic rings. The Hall–Kier alpha value is -2.58. The average Bonchev–Trinajstić information content (AvgIpc) is 2.82. The Kier molecular flexibility index (Phi) is 8.02. The van der Waals surface area contributed by atoms with E-state index in [1.165, 1.54) is 35.4 Å². The lowest BCUT2D eigenvalue weighted by atomic mass is 9.95. The van der Waals surface area contributed by atoms with Gasteiger partial charge in [-0.05, 0) is 80.9 Å². The molecule has 1 aliphatic heterocycles. The van der Waals surface area contributed by atoms with Gasteiger partial charge in [0.25, 0.3) is 10.0 Å². The van der Waals surface area contributed by atoms with E-state index in [0.717, 1.165) is 32.5 Å². The van der Waals surface area contributed by atoms with Crippen molar-refractivity contribution in [1.29, 1.82) is 0 Å². The van der Waals surface area contributed by atoms with Crippen LogP contribution in [-0.2, 0) is 21.4 Å². The van der Waals surface area contributed by atoms with Crippen LogP contribution in [0.4, 0.5) is 11.4 Å². The summed E-state index contributed by atoms with van der Waals surface area (Å²) in [6.07, 6.45) is 1.58. The van der Waals surface area contributed by atoms with Crippen molar-refractivity contribution in [3.63, 3.8) is 0 Å². The molecule has 1 aliphatic rings. The van der Waals surface area contributed by atoms with Crippen molar-refractivity contribution in [2.75, 3.05) is 23.1 Å². The molecule has 1 fully saturated rings. The molecule has 0 radical (unpaired) electrons. The van der Waals surface area contributed by atoms with Crippen molar-refractivity contribution in [3.05, 3.63) is 87.9 Å². The first-order valence-corrected chi connectivity index (χ1v) is 13.6. The number of likely N-dealkylation sites (tertiary alicyclic amines) is 1.